The molecule has 0 atom stereocenters. The van der Waals surface area contributed by atoms with Crippen molar-refractivity contribution < 1.29 is 14.7 Å². The number of nitrogens with one attached hydrogen (secondary N) is 1. The molecule has 1 aromatic rings. The Hall–Kier alpha value is -1.81. The second-order valence-corrected chi connectivity index (χ2v) is 6.92. The molecule has 8 heteroatoms. The van der Waals surface area contributed by atoms with Gasteiger partial charge in [-0.2, -0.15) is 5.26 Å². The first-order valence-corrected chi connectivity index (χ1v) is 8.70. The summed E-state index contributed by atoms with van der Waals surface area (Å²) in [5, 5.41) is 21.9. The Morgan fingerprint density at radius 1 is 1.28 bits per heavy atom. The number of hydrogen-bond acceptors (Lipinski definition) is 4. The molecule has 1 aliphatic heterocycles. The van der Waals surface area contributed by atoms with Crippen LogP contribution in [0.15, 0.2) is 18.2 Å². The summed E-state index contributed by atoms with van der Waals surface area (Å²) >= 11 is 12.2. The molecule has 1 saturated heterocycles. The fourth-order valence-corrected chi connectivity index (χ4v) is 3.38. The lowest BCUT2D eigenvalue weighted by Gasteiger charge is -2.37. The molecule has 1 heterocycles. The molecular weight excluding hydrogens is 365 g/mol. The number of benzene rings is 1. The Labute approximate surface area is 156 Å². The minimum Gasteiger partial charge on any atom is -0.481 e. The molecule has 0 aromatic heterocycles. The third-order valence-corrected chi connectivity index (χ3v) is 5.05. The maximum Gasteiger partial charge on any atom is 0.304 e. The van der Waals surface area contributed by atoms with Crippen LogP contribution < -0.4 is 5.32 Å². The number of nitrogens with zero attached hydrogens (tertiary/aromatic N) is 2. The van der Waals surface area contributed by atoms with Gasteiger partial charge in [-0.25, -0.2) is 0 Å². The zero-order chi connectivity index (χ0) is 18.4. The van der Waals surface area contributed by atoms with E-state index in [2.05, 4.69) is 11.4 Å². The highest BCUT2D eigenvalue weighted by molar-refractivity contribution is 6.36. The van der Waals surface area contributed by atoms with Gasteiger partial charge in [0.25, 0.3) is 0 Å². The highest BCUT2D eigenvalue weighted by Crippen LogP contribution is 2.26. The van der Waals surface area contributed by atoms with Gasteiger partial charge in [-0.1, -0.05) is 29.3 Å². The first-order valence-electron chi connectivity index (χ1n) is 7.94. The molecule has 1 fully saturated rings. The quantitative estimate of drug-likeness (QED) is 0.786. The molecule has 134 valence electrons. The third kappa shape index (κ3) is 5.33. The molecule has 2 N–H and O–H groups in total. The topological polar surface area (TPSA) is 93.4 Å². The van der Waals surface area contributed by atoms with E-state index in [1.807, 2.05) is 4.90 Å². The average molecular weight is 384 g/mol. The summed E-state index contributed by atoms with van der Waals surface area (Å²) in [6.45, 7) is 1.57. The van der Waals surface area contributed by atoms with Crippen molar-refractivity contribution in [1.82, 2.24) is 10.2 Å². The molecule has 0 unspecified atom stereocenters. The van der Waals surface area contributed by atoms with Gasteiger partial charge >= 0.3 is 5.97 Å². The van der Waals surface area contributed by atoms with Gasteiger partial charge in [0.15, 0.2) is 0 Å². The van der Waals surface area contributed by atoms with E-state index in [9.17, 15) is 14.9 Å². The van der Waals surface area contributed by atoms with Gasteiger partial charge in [-0.15, -0.1) is 0 Å². The Kier molecular flexibility index (Phi) is 6.65. The second kappa shape index (κ2) is 8.52. The minimum atomic E-state index is -0.940. The van der Waals surface area contributed by atoms with E-state index >= 15 is 0 Å². The Morgan fingerprint density at radius 3 is 2.40 bits per heavy atom. The number of nitriles is 1. The third-order valence-electron chi connectivity index (χ3n) is 4.34. The van der Waals surface area contributed by atoms with Crippen molar-refractivity contribution in [2.24, 2.45) is 0 Å². The summed E-state index contributed by atoms with van der Waals surface area (Å²) in [4.78, 5) is 25.0. The van der Waals surface area contributed by atoms with E-state index in [1.54, 1.807) is 18.2 Å². The number of carbonyl (C=O) groups excluding carboxylic acids is 1. The van der Waals surface area contributed by atoms with Gasteiger partial charge in [0.05, 0.1) is 18.9 Å². The number of carboxylic acid groups (broad SMARTS) is 1. The molecule has 1 aliphatic rings. The van der Waals surface area contributed by atoms with Crippen LogP contribution in [0.3, 0.4) is 0 Å². The molecule has 0 aliphatic carbocycles. The van der Waals surface area contributed by atoms with Crippen LogP contribution in [0.25, 0.3) is 0 Å². The first-order chi connectivity index (χ1) is 11.8. The van der Waals surface area contributed by atoms with Crippen LogP contribution >= 0.6 is 23.2 Å². The normalized spacial score (nSPS) is 16.8. The van der Waals surface area contributed by atoms with Crippen LogP contribution in [0.1, 0.15) is 24.8 Å². The van der Waals surface area contributed by atoms with E-state index in [4.69, 9.17) is 28.3 Å². The number of carboxylic acids is 1. The van der Waals surface area contributed by atoms with Crippen LogP contribution in [0.5, 0.6) is 0 Å². The standard InChI is InChI=1S/C17H19Cl2N3O3/c18-13-2-1-3-14(19)12(13)10-15(23)21-17(11-20)5-8-22(9-6-17)7-4-16(24)25/h1-3H,4-10H2,(H,21,23)(H,24,25). The van der Waals surface area contributed by atoms with Crippen LogP contribution in [-0.2, 0) is 16.0 Å². The molecule has 0 saturated carbocycles. The smallest absolute Gasteiger partial charge is 0.304 e. The van der Waals surface area contributed by atoms with E-state index in [1.165, 1.54) is 0 Å². The lowest BCUT2D eigenvalue weighted by atomic mass is 9.88. The number of carbonyl (C=O) groups is 2. The van der Waals surface area contributed by atoms with Crippen molar-refractivity contribution in [3.8, 4) is 6.07 Å². The van der Waals surface area contributed by atoms with E-state index in [0.29, 0.717) is 48.1 Å². The number of aliphatic carboxylic acids is 1. The zero-order valence-corrected chi connectivity index (χ0v) is 15.1. The van der Waals surface area contributed by atoms with Crippen LogP contribution in [0.4, 0.5) is 0 Å². The molecule has 0 radical (unpaired) electrons. The predicted molar refractivity (Wildman–Crippen MR) is 94.6 cm³/mol. The molecule has 0 spiro atoms. The lowest BCUT2D eigenvalue weighted by Crippen LogP contribution is -2.55. The van der Waals surface area contributed by atoms with Crippen molar-refractivity contribution in [2.45, 2.75) is 31.2 Å². The van der Waals surface area contributed by atoms with Crippen molar-refractivity contribution in [3.05, 3.63) is 33.8 Å². The largest absolute Gasteiger partial charge is 0.481 e. The molecule has 25 heavy (non-hydrogen) atoms. The van der Waals surface area contributed by atoms with Crippen molar-refractivity contribution in [2.75, 3.05) is 19.6 Å². The highest BCUT2D eigenvalue weighted by atomic mass is 35.5. The molecule has 0 bridgehead atoms. The highest BCUT2D eigenvalue weighted by Gasteiger charge is 2.36. The van der Waals surface area contributed by atoms with Gasteiger partial charge in [0.2, 0.25) is 5.91 Å². The fourth-order valence-electron chi connectivity index (χ4n) is 2.85. The second-order valence-electron chi connectivity index (χ2n) is 6.10. The van der Waals surface area contributed by atoms with Gasteiger partial charge in [0.1, 0.15) is 5.54 Å². The van der Waals surface area contributed by atoms with Crippen molar-refractivity contribution in [1.29, 1.82) is 5.26 Å². The Balaban J connectivity index is 1.95. The van der Waals surface area contributed by atoms with E-state index in [0.717, 1.165) is 0 Å². The molecular formula is C17H19Cl2N3O3. The number of rotatable bonds is 6. The number of hydrogen-bond donors (Lipinski definition) is 2. The monoisotopic (exact) mass is 383 g/mol. The van der Waals surface area contributed by atoms with Crippen molar-refractivity contribution >= 4 is 35.1 Å². The first kappa shape index (κ1) is 19.5. The van der Waals surface area contributed by atoms with Gasteiger partial charge < -0.3 is 15.3 Å². The summed E-state index contributed by atoms with van der Waals surface area (Å²) < 4.78 is 0. The molecule has 1 aromatic carbocycles. The number of halogens is 2. The summed E-state index contributed by atoms with van der Waals surface area (Å²) in [7, 11) is 0. The number of likely N-dealkylation sites (tertiary alicyclic amines) is 1. The van der Waals surface area contributed by atoms with Crippen LogP contribution in [0.2, 0.25) is 10.0 Å². The van der Waals surface area contributed by atoms with E-state index in [-0.39, 0.29) is 18.7 Å². The van der Waals surface area contributed by atoms with Gasteiger partial charge in [-0.3, -0.25) is 9.59 Å². The SMILES string of the molecule is N#CC1(NC(=O)Cc2c(Cl)cccc2Cl)CCN(CCC(=O)O)CC1. The van der Waals surface area contributed by atoms with Gasteiger partial charge in [0, 0.05) is 29.7 Å². The zero-order valence-electron chi connectivity index (χ0n) is 13.6. The summed E-state index contributed by atoms with van der Waals surface area (Å²) in [6.07, 6.45) is 0.970. The van der Waals surface area contributed by atoms with Crippen LogP contribution in [0, 0.1) is 11.3 Å². The predicted octanol–water partition coefficient (Wildman–Crippen LogP) is 2.48. The van der Waals surface area contributed by atoms with E-state index < -0.39 is 11.5 Å². The maximum atomic E-state index is 12.4. The van der Waals surface area contributed by atoms with Crippen LogP contribution in [-0.4, -0.2) is 47.1 Å². The van der Waals surface area contributed by atoms with Gasteiger partial charge in [-0.05, 0) is 30.5 Å². The average Bonchev–Trinajstić information content (AvgIpc) is 2.57. The number of piperidine rings is 1. The fraction of sp³-hybridized carbons (Fsp3) is 0.471. The minimum absolute atomic E-state index is 0.00463. The Morgan fingerprint density at radius 2 is 1.88 bits per heavy atom. The van der Waals surface area contributed by atoms with Crippen molar-refractivity contribution in [3.63, 3.8) is 0 Å². The maximum absolute atomic E-state index is 12.4. The number of amides is 1. The lowest BCUT2D eigenvalue weighted by molar-refractivity contribution is -0.137. The summed E-state index contributed by atoms with van der Waals surface area (Å²) in [6, 6.07) is 7.24. The Bertz CT molecular complexity index is 675. The molecule has 6 nitrogen and oxygen atoms in total. The summed E-state index contributed by atoms with van der Waals surface area (Å²) in [5.41, 5.74) is -0.403. The molecule has 2 rings (SSSR count). The summed E-state index contributed by atoms with van der Waals surface area (Å²) in [5.74, 6) is -1.16. The molecule has 1 amide bonds.